The molecule has 0 aliphatic carbocycles. The molecule has 0 fully saturated rings. The van der Waals surface area contributed by atoms with E-state index in [1.54, 1.807) is 4.68 Å². The highest BCUT2D eigenvalue weighted by atomic mass is 16.2. The number of hydrogen-bond acceptors (Lipinski definition) is 5. The number of aromatic nitrogens is 7. The molecule has 4 aromatic rings. The lowest BCUT2D eigenvalue weighted by molar-refractivity contribution is 0.455. The maximum atomic E-state index is 13.1. The number of H-pyrrole nitrogens is 1. The molecule has 166 valence electrons. The maximum Gasteiger partial charge on any atom is 0.346 e. The topological polar surface area (TPSA) is 94.3 Å². The van der Waals surface area contributed by atoms with Crippen LogP contribution >= 0.6 is 0 Å². The van der Waals surface area contributed by atoms with E-state index in [1.165, 1.54) is 0 Å². The summed E-state index contributed by atoms with van der Waals surface area (Å²) in [7, 11) is 0. The molecule has 0 aliphatic rings. The van der Waals surface area contributed by atoms with Gasteiger partial charge in [-0.25, -0.2) is 9.48 Å². The third-order valence-corrected chi connectivity index (χ3v) is 5.65. The van der Waals surface area contributed by atoms with E-state index in [-0.39, 0.29) is 11.7 Å². The Kier molecular flexibility index (Phi) is 6.30. The van der Waals surface area contributed by atoms with E-state index in [0.29, 0.717) is 18.3 Å². The highest BCUT2D eigenvalue weighted by Gasteiger charge is 2.17. The predicted molar refractivity (Wildman–Crippen MR) is 124 cm³/mol. The van der Waals surface area contributed by atoms with Crippen molar-refractivity contribution in [1.29, 1.82) is 0 Å². The fraction of sp³-hybridized carbons (Fsp3) is 0.375. The summed E-state index contributed by atoms with van der Waals surface area (Å²) in [5.41, 5.74) is 4.10. The lowest BCUT2D eigenvalue weighted by Crippen LogP contribution is -2.28. The fourth-order valence-electron chi connectivity index (χ4n) is 3.70. The molecule has 0 bridgehead atoms. The summed E-state index contributed by atoms with van der Waals surface area (Å²) in [5.74, 6) is 1.84. The SMILES string of the molecule is CCC(C)n1nc(CC(C)C)n(Cc2ccc(-c3cccc(-c4nn[nH]n4)c3)cc2)c1=O. The summed E-state index contributed by atoms with van der Waals surface area (Å²) in [6, 6.07) is 16.4. The van der Waals surface area contributed by atoms with Crippen LogP contribution in [0.15, 0.2) is 53.3 Å². The Morgan fingerprint density at radius 3 is 2.41 bits per heavy atom. The molecule has 4 rings (SSSR count). The first-order valence-electron chi connectivity index (χ1n) is 11.1. The first-order valence-corrected chi connectivity index (χ1v) is 11.1. The van der Waals surface area contributed by atoms with Crippen LogP contribution < -0.4 is 5.69 Å². The number of benzene rings is 2. The second-order valence-corrected chi connectivity index (χ2v) is 8.60. The molecule has 1 N–H and O–H groups in total. The summed E-state index contributed by atoms with van der Waals surface area (Å²) < 4.78 is 3.45. The van der Waals surface area contributed by atoms with Gasteiger partial charge in [-0.15, -0.1) is 10.2 Å². The molecule has 0 radical (unpaired) electrons. The molecule has 2 aromatic heterocycles. The van der Waals surface area contributed by atoms with E-state index in [2.05, 4.69) is 76.8 Å². The summed E-state index contributed by atoms with van der Waals surface area (Å²) in [5, 5.41) is 18.9. The van der Waals surface area contributed by atoms with E-state index in [4.69, 9.17) is 0 Å². The summed E-state index contributed by atoms with van der Waals surface area (Å²) in [6.07, 6.45) is 1.65. The molecule has 0 spiro atoms. The van der Waals surface area contributed by atoms with Crippen molar-refractivity contribution in [2.24, 2.45) is 5.92 Å². The van der Waals surface area contributed by atoms with E-state index < -0.39 is 0 Å². The molecule has 0 saturated carbocycles. The monoisotopic (exact) mass is 431 g/mol. The second-order valence-electron chi connectivity index (χ2n) is 8.60. The van der Waals surface area contributed by atoms with E-state index in [9.17, 15) is 4.79 Å². The number of hydrogen-bond donors (Lipinski definition) is 1. The molecule has 1 atom stereocenters. The van der Waals surface area contributed by atoms with Crippen LogP contribution in [-0.2, 0) is 13.0 Å². The van der Waals surface area contributed by atoms with Crippen molar-refractivity contribution < 1.29 is 0 Å². The van der Waals surface area contributed by atoms with Gasteiger partial charge in [0, 0.05) is 12.0 Å². The Labute approximate surface area is 187 Å². The van der Waals surface area contributed by atoms with Gasteiger partial charge in [-0.1, -0.05) is 63.2 Å². The molecule has 8 heteroatoms. The zero-order valence-electron chi connectivity index (χ0n) is 19.0. The summed E-state index contributed by atoms with van der Waals surface area (Å²) in [6.45, 7) is 8.92. The quantitative estimate of drug-likeness (QED) is 0.453. The maximum absolute atomic E-state index is 13.1. The predicted octanol–water partition coefficient (Wildman–Crippen LogP) is 4.11. The van der Waals surface area contributed by atoms with Gasteiger partial charge in [-0.2, -0.15) is 10.3 Å². The normalized spacial score (nSPS) is 12.4. The Morgan fingerprint density at radius 2 is 1.75 bits per heavy atom. The van der Waals surface area contributed by atoms with Crippen molar-refractivity contribution in [3.63, 3.8) is 0 Å². The minimum absolute atomic E-state index is 0.0353. The highest BCUT2D eigenvalue weighted by molar-refractivity contribution is 5.70. The molecule has 2 aromatic carbocycles. The second kappa shape index (κ2) is 9.30. The number of tetrazole rings is 1. The zero-order valence-corrected chi connectivity index (χ0v) is 19.0. The first-order chi connectivity index (χ1) is 15.5. The van der Waals surface area contributed by atoms with Crippen molar-refractivity contribution >= 4 is 0 Å². The molecule has 32 heavy (non-hydrogen) atoms. The standard InChI is InChI=1S/C24H29N7O/c1-5-17(4)31-24(32)30(22(27-31)13-16(2)3)15-18-9-11-19(12-10-18)20-7-6-8-21(14-20)23-25-28-29-26-23/h6-12,14,16-17H,5,13,15H2,1-4H3,(H,25,26,28,29). The van der Waals surface area contributed by atoms with Gasteiger partial charge in [0.1, 0.15) is 5.82 Å². The largest absolute Gasteiger partial charge is 0.346 e. The van der Waals surface area contributed by atoms with Gasteiger partial charge in [0.15, 0.2) is 0 Å². The number of nitrogens with one attached hydrogen (secondary N) is 1. The van der Waals surface area contributed by atoms with Crippen molar-refractivity contribution in [2.45, 2.75) is 53.1 Å². The van der Waals surface area contributed by atoms with Gasteiger partial charge in [-0.05, 0) is 47.2 Å². The van der Waals surface area contributed by atoms with Crippen molar-refractivity contribution in [3.8, 4) is 22.5 Å². The van der Waals surface area contributed by atoms with Crippen LogP contribution in [0, 0.1) is 5.92 Å². The average molecular weight is 432 g/mol. The van der Waals surface area contributed by atoms with Crippen LogP contribution in [0.2, 0.25) is 0 Å². The molecule has 0 amide bonds. The third kappa shape index (κ3) is 4.54. The van der Waals surface area contributed by atoms with Crippen LogP contribution in [0.1, 0.15) is 51.5 Å². The van der Waals surface area contributed by atoms with E-state index in [1.807, 2.05) is 29.7 Å². The fourth-order valence-corrected chi connectivity index (χ4v) is 3.70. The van der Waals surface area contributed by atoms with Crippen molar-refractivity contribution in [2.75, 3.05) is 0 Å². The smallest absolute Gasteiger partial charge is 0.274 e. The van der Waals surface area contributed by atoms with Crippen LogP contribution in [0.25, 0.3) is 22.5 Å². The van der Waals surface area contributed by atoms with E-state index >= 15 is 0 Å². The zero-order chi connectivity index (χ0) is 22.7. The lowest BCUT2D eigenvalue weighted by Gasteiger charge is -2.09. The Balaban J connectivity index is 1.60. The molecular formula is C24H29N7O. The average Bonchev–Trinajstić information content (AvgIpc) is 3.44. The van der Waals surface area contributed by atoms with Gasteiger partial charge in [0.05, 0.1) is 12.6 Å². The van der Waals surface area contributed by atoms with Crippen LogP contribution in [0.3, 0.4) is 0 Å². The third-order valence-electron chi connectivity index (χ3n) is 5.65. The molecule has 1 unspecified atom stereocenters. The minimum atomic E-state index is -0.0353. The highest BCUT2D eigenvalue weighted by Crippen LogP contribution is 2.24. The Morgan fingerprint density at radius 1 is 1.00 bits per heavy atom. The lowest BCUT2D eigenvalue weighted by atomic mass is 10.0. The molecule has 2 heterocycles. The van der Waals surface area contributed by atoms with Crippen molar-refractivity contribution in [3.05, 3.63) is 70.4 Å². The van der Waals surface area contributed by atoms with Gasteiger partial charge >= 0.3 is 5.69 Å². The van der Waals surface area contributed by atoms with Gasteiger partial charge in [0.25, 0.3) is 0 Å². The molecule has 0 saturated heterocycles. The summed E-state index contributed by atoms with van der Waals surface area (Å²) in [4.78, 5) is 13.1. The van der Waals surface area contributed by atoms with Gasteiger partial charge in [-0.3, -0.25) is 4.57 Å². The molecule has 8 nitrogen and oxygen atoms in total. The Hall–Kier alpha value is -3.55. The van der Waals surface area contributed by atoms with Gasteiger partial charge in [0.2, 0.25) is 5.82 Å². The molecule has 0 aliphatic heterocycles. The van der Waals surface area contributed by atoms with E-state index in [0.717, 1.165) is 40.9 Å². The summed E-state index contributed by atoms with van der Waals surface area (Å²) >= 11 is 0. The van der Waals surface area contributed by atoms with Crippen LogP contribution in [0.5, 0.6) is 0 Å². The van der Waals surface area contributed by atoms with Crippen molar-refractivity contribution in [1.82, 2.24) is 35.0 Å². The Bertz CT molecular complexity index is 1220. The van der Waals surface area contributed by atoms with Crippen LogP contribution in [0.4, 0.5) is 0 Å². The number of aromatic amines is 1. The first kappa shape index (κ1) is 21.7. The molecular weight excluding hydrogens is 402 g/mol. The number of rotatable bonds is 8. The minimum Gasteiger partial charge on any atom is -0.274 e. The number of nitrogens with zero attached hydrogens (tertiary/aromatic N) is 6. The van der Waals surface area contributed by atoms with Gasteiger partial charge < -0.3 is 0 Å². The van der Waals surface area contributed by atoms with Crippen LogP contribution in [-0.4, -0.2) is 35.0 Å².